The maximum absolute atomic E-state index is 12.7. The molecule has 3 aromatic carbocycles. The number of carbonyl (C=O) groups excluding carboxylic acids is 1. The van der Waals surface area contributed by atoms with Gasteiger partial charge >= 0.3 is 0 Å². The van der Waals surface area contributed by atoms with E-state index in [-0.39, 0.29) is 5.91 Å². The number of benzene rings is 3. The molecule has 178 valence electrons. The molecule has 1 N–H and O–H groups in total. The standard InChI is InChI=1S/C28H26N2O5/c1-18-7-5-6-8-21(18)22-12-11-20(17-23(22)24-15-16-35-30-24)29-26(31)14-10-19-9-13-25(32-2)28(34-4)27(19)33-3/h5-17H,1-4H3,(H,29,31). The van der Waals surface area contributed by atoms with E-state index >= 15 is 0 Å². The van der Waals surface area contributed by atoms with Crippen LogP contribution in [0.15, 0.2) is 77.5 Å². The lowest BCUT2D eigenvalue weighted by atomic mass is 9.94. The summed E-state index contributed by atoms with van der Waals surface area (Å²) >= 11 is 0. The fourth-order valence-corrected chi connectivity index (χ4v) is 3.90. The number of nitrogens with zero attached hydrogens (tertiary/aromatic N) is 1. The molecule has 0 spiro atoms. The fraction of sp³-hybridized carbons (Fsp3) is 0.143. The van der Waals surface area contributed by atoms with Gasteiger partial charge in [0, 0.05) is 29.0 Å². The van der Waals surface area contributed by atoms with Crippen LogP contribution in [0.5, 0.6) is 17.2 Å². The summed E-state index contributed by atoms with van der Waals surface area (Å²) in [6.07, 6.45) is 4.63. The third-order valence-electron chi connectivity index (χ3n) is 5.59. The predicted octanol–water partition coefficient (Wildman–Crippen LogP) is 5.99. The Hall–Kier alpha value is -4.52. The van der Waals surface area contributed by atoms with E-state index in [0.29, 0.717) is 34.2 Å². The Morgan fingerprint density at radius 2 is 1.69 bits per heavy atom. The Bertz CT molecular complexity index is 1360. The molecular formula is C28H26N2O5. The Kier molecular flexibility index (Phi) is 7.16. The van der Waals surface area contributed by atoms with Gasteiger partial charge in [-0.25, -0.2) is 0 Å². The second kappa shape index (κ2) is 10.6. The number of hydrogen-bond acceptors (Lipinski definition) is 6. The van der Waals surface area contributed by atoms with Crippen molar-refractivity contribution in [3.8, 4) is 39.6 Å². The molecule has 0 unspecified atom stereocenters. The minimum atomic E-state index is -0.295. The van der Waals surface area contributed by atoms with Gasteiger partial charge in [-0.3, -0.25) is 4.79 Å². The minimum Gasteiger partial charge on any atom is -0.493 e. The normalized spacial score (nSPS) is 10.9. The molecule has 0 aliphatic rings. The van der Waals surface area contributed by atoms with Crippen LogP contribution < -0.4 is 19.5 Å². The number of nitrogens with one attached hydrogen (secondary N) is 1. The molecule has 7 nitrogen and oxygen atoms in total. The molecule has 0 aliphatic heterocycles. The van der Waals surface area contributed by atoms with Crippen LogP contribution >= 0.6 is 0 Å². The van der Waals surface area contributed by atoms with Crippen LogP contribution in [0.1, 0.15) is 11.1 Å². The second-order valence-electron chi connectivity index (χ2n) is 7.71. The lowest BCUT2D eigenvalue weighted by Gasteiger charge is -2.14. The van der Waals surface area contributed by atoms with E-state index in [1.807, 2.05) is 30.3 Å². The van der Waals surface area contributed by atoms with Crippen molar-refractivity contribution in [1.82, 2.24) is 5.16 Å². The molecular weight excluding hydrogens is 444 g/mol. The third kappa shape index (κ3) is 5.04. The van der Waals surface area contributed by atoms with Gasteiger partial charge in [0.15, 0.2) is 11.5 Å². The summed E-state index contributed by atoms with van der Waals surface area (Å²) in [6.45, 7) is 2.06. The van der Waals surface area contributed by atoms with E-state index in [2.05, 4.69) is 29.5 Å². The van der Waals surface area contributed by atoms with E-state index in [1.54, 1.807) is 31.4 Å². The van der Waals surface area contributed by atoms with Crippen molar-refractivity contribution in [2.75, 3.05) is 26.6 Å². The molecule has 0 fully saturated rings. The number of carbonyl (C=O) groups is 1. The molecule has 4 aromatic rings. The number of ether oxygens (including phenoxy) is 3. The lowest BCUT2D eigenvalue weighted by molar-refractivity contribution is -0.111. The van der Waals surface area contributed by atoms with Gasteiger partial charge in [0.05, 0.1) is 21.3 Å². The molecule has 7 heteroatoms. The zero-order valence-corrected chi connectivity index (χ0v) is 20.0. The van der Waals surface area contributed by atoms with Crippen molar-refractivity contribution < 1.29 is 23.5 Å². The smallest absolute Gasteiger partial charge is 0.248 e. The molecule has 0 atom stereocenters. The highest BCUT2D eigenvalue weighted by atomic mass is 16.5. The van der Waals surface area contributed by atoms with Crippen LogP contribution in [0, 0.1) is 6.92 Å². The summed E-state index contributed by atoms with van der Waals surface area (Å²) in [5.41, 5.74) is 6.08. The van der Waals surface area contributed by atoms with E-state index < -0.39 is 0 Å². The van der Waals surface area contributed by atoms with Crippen LogP contribution in [0.2, 0.25) is 0 Å². The van der Waals surface area contributed by atoms with Crippen LogP contribution in [0.3, 0.4) is 0 Å². The Labute approximate surface area is 203 Å². The molecule has 1 amide bonds. The largest absolute Gasteiger partial charge is 0.493 e. The molecule has 0 radical (unpaired) electrons. The van der Waals surface area contributed by atoms with Crippen LogP contribution in [-0.2, 0) is 4.79 Å². The molecule has 1 heterocycles. The minimum absolute atomic E-state index is 0.295. The van der Waals surface area contributed by atoms with E-state index in [9.17, 15) is 4.79 Å². The zero-order valence-electron chi connectivity index (χ0n) is 20.0. The highest BCUT2D eigenvalue weighted by Crippen LogP contribution is 2.40. The summed E-state index contributed by atoms with van der Waals surface area (Å²) < 4.78 is 21.3. The summed E-state index contributed by atoms with van der Waals surface area (Å²) in [6, 6.07) is 19.2. The topological polar surface area (TPSA) is 82.8 Å². The van der Waals surface area contributed by atoms with Gasteiger partial charge < -0.3 is 24.1 Å². The zero-order chi connectivity index (χ0) is 24.8. The number of anilines is 1. The predicted molar refractivity (Wildman–Crippen MR) is 136 cm³/mol. The lowest BCUT2D eigenvalue weighted by Crippen LogP contribution is -2.08. The molecule has 4 rings (SSSR count). The van der Waals surface area contributed by atoms with Gasteiger partial charge in [0.2, 0.25) is 11.7 Å². The monoisotopic (exact) mass is 470 g/mol. The Balaban J connectivity index is 1.62. The van der Waals surface area contributed by atoms with E-state index in [0.717, 1.165) is 22.3 Å². The maximum atomic E-state index is 12.7. The third-order valence-corrected chi connectivity index (χ3v) is 5.59. The van der Waals surface area contributed by atoms with Gasteiger partial charge in [-0.15, -0.1) is 0 Å². The van der Waals surface area contributed by atoms with Crippen molar-refractivity contribution in [3.05, 3.63) is 84.1 Å². The number of hydrogen-bond donors (Lipinski definition) is 1. The molecule has 0 bridgehead atoms. The van der Waals surface area contributed by atoms with E-state index in [4.69, 9.17) is 18.7 Å². The van der Waals surface area contributed by atoms with Crippen molar-refractivity contribution in [2.45, 2.75) is 6.92 Å². The quantitative estimate of drug-likeness (QED) is 0.318. The maximum Gasteiger partial charge on any atom is 0.248 e. The second-order valence-corrected chi connectivity index (χ2v) is 7.71. The summed E-state index contributed by atoms with van der Waals surface area (Å²) in [7, 11) is 4.63. The van der Waals surface area contributed by atoms with Crippen molar-refractivity contribution in [3.63, 3.8) is 0 Å². The summed E-state index contributed by atoms with van der Waals surface area (Å²) in [4.78, 5) is 12.7. The first-order valence-electron chi connectivity index (χ1n) is 10.9. The number of aryl methyl sites for hydroxylation is 1. The van der Waals surface area contributed by atoms with Gasteiger partial charge in [-0.05, 0) is 54.0 Å². The van der Waals surface area contributed by atoms with Crippen LogP contribution in [0.4, 0.5) is 5.69 Å². The fourth-order valence-electron chi connectivity index (χ4n) is 3.90. The summed E-state index contributed by atoms with van der Waals surface area (Å²) in [5.74, 6) is 1.19. The van der Waals surface area contributed by atoms with Crippen molar-refractivity contribution >= 4 is 17.7 Å². The SMILES string of the molecule is COc1ccc(C=CC(=O)Nc2ccc(-c3ccccc3C)c(-c3ccon3)c2)c(OC)c1OC. The Morgan fingerprint density at radius 3 is 2.37 bits per heavy atom. The first kappa shape index (κ1) is 23.6. The number of aromatic nitrogens is 1. The van der Waals surface area contributed by atoms with Gasteiger partial charge in [0.25, 0.3) is 0 Å². The number of rotatable bonds is 8. The van der Waals surface area contributed by atoms with Crippen LogP contribution in [-0.4, -0.2) is 32.4 Å². The van der Waals surface area contributed by atoms with E-state index in [1.165, 1.54) is 26.6 Å². The molecule has 1 aromatic heterocycles. The highest BCUT2D eigenvalue weighted by Gasteiger charge is 2.15. The number of amides is 1. The average molecular weight is 471 g/mol. The summed E-state index contributed by atoms with van der Waals surface area (Å²) in [5, 5.41) is 7.03. The van der Waals surface area contributed by atoms with Gasteiger partial charge in [-0.2, -0.15) is 0 Å². The van der Waals surface area contributed by atoms with Gasteiger partial charge in [0.1, 0.15) is 12.0 Å². The van der Waals surface area contributed by atoms with Crippen molar-refractivity contribution in [2.24, 2.45) is 0 Å². The van der Waals surface area contributed by atoms with Crippen LogP contribution in [0.25, 0.3) is 28.5 Å². The molecule has 0 aliphatic carbocycles. The first-order valence-corrected chi connectivity index (χ1v) is 10.9. The Morgan fingerprint density at radius 1 is 0.886 bits per heavy atom. The van der Waals surface area contributed by atoms with Crippen molar-refractivity contribution in [1.29, 1.82) is 0 Å². The average Bonchev–Trinajstić information content (AvgIpc) is 3.42. The molecule has 0 saturated heterocycles. The first-order chi connectivity index (χ1) is 17.0. The molecule has 35 heavy (non-hydrogen) atoms. The van der Waals surface area contributed by atoms with Gasteiger partial charge in [-0.1, -0.05) is 35.5 Å². The highest BCUT2D eigenvalue weighted by molar-refractivity contribution is 6.03. The number of methoxy groups -OCH3 is 3. The molecule has 0 saturated carbocycles.